The summed E-state index contributed by atoms with van der Waals surface area (Å²) in [5.74, 6) is -0.545. The van der Waals surface area contributed by atoms with Crippen LogP contribution < -0.4 is 5.32 Å². The molecule has 26 heavy (non-hydrogen) atoms. The molecule has 11 heteroatoms. The third kappa shape index (κ3) is 6.43. The van der Waals surface area contributed by atoms with Crippen molar-refractivity contribution in [2.45, 2.75) is 45.2 Å². The van der Waals surface area contributed by atoms with Crippen LogP contribution in [0.25, 0.3) is 0 Å². The molecule has 2 amide bonds. The monoisotopic (exact) mass is 394 g/mol. The first-order valence-corrected chi connectivity index (χ1v) is 9.22. The van der Waals surface area contributed by atoms with E-state index in [1.165, 1.54) is 16.2 Å². The van der Waals surface area contributed by atoms with E-state index in [2.05, 4.69) is 27.2 Å². The molecule has 1 aliphatic heterocycles. The molecule has 0 spiro atoms. The SMILES string of the molecule is CCCCc1nnc(NC(=O)C2CCN(C(=O)OCC(F)(F)F)CC2)s1. The fourth-order valence-electron chi connectivity index (χ4n) is 2.50. The Morgan fingerprint density at radius 2 is 2.00 bits per heavy atom. The molecule has 7 nitrogen and oxygen atoms in total. The Kier molecular flexibility index (Phi) is 7.18. The van der Waals surface area contributed by atoms with E-state index in [1.54, 1.807) is 0 Å². The number of amides is 2. The number of unbranched alkanes of at least 4 members (excludes halogenated alkanes) is 1. The van der Waals surface area contributed by atoms with E-state index < -0.39 is 18.9 Å². The molecule has 146 valence electrons. The number of alkyl halides is 3. The first-order valence-electron chi connectivity index (χ1n) is 8.40. The Labute approximate surface area is 152 Å². The number of hydrogen-bond acceptors (Lipinski definition) is 6. The van der Waals surface area contributed by atoms with Crippen LogP contribution in [0.3, 0.4) is 0 Å². The maximum Gasteiger partial charge on any atom is 0.422 e. The van der Waals surface area contributed by atoms with Gasteiger partial charge in [-0.3, -0.25) is 4.79 Å². The molecule has 0 bridgehead atoms. The van der Waals surface area contributed by atoms with Gasteiger partial charge in [-0.1, -0.05) is 24.7 Å². The van der Waals surface area contributed by atoms with E-state index in [-0.39, 0.29) is 24.9 Å². The second-order valence-electron chi connectivity index (χ2n) is 6.02. The molecule has 0 aliphatic carbocycles. The highest BCUT2D eigenvalue weighted by Gasteiger charge is 2.33. The van der Waals surface area contributed by atoms with Gasteiger partial charge in [-0.2, -0.15) is 13.2 Å². The number of hydrogen-bond donors (Lipinski definition) is 1. The number of rotatable bonds is 6. The van der Waals surface area contributed by atoms with Gasteiger partial charge in [0.05, 0.1) is 0 Å². The van der Waals surface area contributed by atoms with E-state index in [0.717, 1.165) is 24.3 Å². The summed E-state index contributed by atoms with van der Waals surface area (Å²) >= 11 is 1.33. The number of aryl methyl sites for hydroxylation is 1. The first-order chi connectivity index (χ1) is 12.3. The third-order valence-electron chi connectivity index (χ3n) is 3.92. The fraction of sp³-hybridized carbons (Fsp3) is 0.733. The van der Waals surface area contributed by atoms with Gasteiger partial charge in [0.25, 0.3) is 0 Å². The van der Waals surface area contributed by atoms with Gasteiger partial charge in [0, 0.05) is 25.4 Å². The van der Waals surface area contributed by atoms with Gasteiger partial charge in [-0.25, -0.2) is 4.79 Å². The Morgan fingerprint density at radius 3 is 2.62 bits per heavy atom. The molecule has 1 aromatic heterocycles. The van der Waals surface area contributed by atoms with Crippen molar-refractivity contribution in [2.75, 3.05) is 25.0 Å². The number of piperidine rings is 1. The maximum absolute atomic E-state index is 12.3. The number of ether oxygens (including phenoxy) is 1. The van der Waals surface area contributed by atoms with Crippen LogP contribution >= 0.6 is 11.3 Å². The third-order valence-corrected chi connectivity index (χ3v) is 4.82. The smallest absolute Gasteiger partial charge is 0.422 e. The van der Waals surface area contributed by atoms with E-state index in [0.29, 0.717) is 18.0 Å². The minimum atomic E-state index is -4.55. The molecular formula is C15H21F3N4O3S. The average molecular weight is 394 g/mol. The van der Waals surface area contributed by atoms with Crippen molar-refractivity contribution < 1.29 is 27.5 Å². The molecule has 2 heterocycles. The molecule has 1 saturated heterocycles. The van der Waals surface area contributed by atoms with E-state index >= 15 is 0 Å². The molecule has 1 fully saturated rings. The summed E-state index contributed by atoms with van der Waals surface area (Å²) in [4.78, 5) is 25.0. The van der Waals surface area contributed by atoms with Gasteiger partial charge in [-0.15, -0.1) is 10.2 Å². The van der Waals surface area contributed by atoms with Crippen LogP contribution in [0.1, 0.15) is 37.6 Å². The summed E-state index contributed by atoms with van der Waals surface area (Å²) in [6, 6.07) is 0. The minimum absolute atomic E-state index is 0.173. The van der Waals surface area contributed by atoms with Gasteiger partial charge in [0.1, 0.15) is 5.01 Å². The number of nitrogens with zero attached hydrogens (tertiary/aromatic N) is 3. The largest absolute Gasteiger partial charge is 0.440 e. The van der Waals surface area contributed by atoms with Crippen LogP contribution in [-0.4, -0.2) is 53.0 Å². The van der Waals surface area contributed by atoms with Gasteiger partial charge in [0.2, 0.25) is 11.0 Å². The zero-order chi connectivity index (χ0) is 19.2. The fourth-order valence-corrected chi connectivity index (χ4v) is 3.28. The van der Waals surface area contributed by atoms with E-state index in [4.69, 9.17) is 0 Å². The zero-order valence-corrected chi connectivity index (χ0v) is 15.2. The standard InChI is InChI=1S/C15H21F3N4O3S/c1-2-3-4-11-20-21-13(26-11)19-12(23)10-5-7-22(8-6-10)14(24)25-9-15(16,17)18/h10H,2-9H2,1H3,(H,19,21,23). The molecule has 0 unspecified atom stereocenters. The predicted molar refractivity (Wildman–Crippen MR) is 88.9 cm³/mol. The number of carbonyl (C=O) groups is 2. The molecule has 1 aromatic rings. The second kappa shape index (κ2) is 9.15. The van der Waals surface area contributed by atoms with Crippen LogP contribution in [-0.2, 0) is 16.0 Å². The lowest BCUT2D eigenvalue weighted by atomic mass is 9.96. The van der Waals surface area contributed by atoms with Gasteiger partial charge in [-0.05, 0) is 19.3 Å². The number of anilines is 1. The highest BCUT2D eigenvalue weighted by Crippen LogP contribution is 2.23. The summed E-state index contributed by atoms with van der Waals surface area (Å²) in [5.41, 5.74) is 0. The lowest BCUT2D eigenvalue weighted by molar-refractivity contribution is -0.162. The molecular weight excluding hydrogens is 373 g/mol. The highest BCUT2D eigenvalue weighted by atomic mass is 32.1. The molecule has 0 atom stereocenters. The Hall–Kier alpha value is -1.91. The number of nitrogens with one attached hydrogen (secondary N) is 1. The van der Waals surface area contributed by atoms with Crippen molar-refractivity contribution in [1.82, 2.24) is 15.1 Å². The molecule has 1 aliphatic rings. The van der Waals surface area contributed by atoms with Gasteiger partial charge >= 0.3 is 12.3 Å². The maximum atomic E-state index is 12.3. The average Bonchev–Trinajstić information content (AvgIpc) is 3.04. The van der Waals surface area contributed by atoms with E-state index in [9.17, 15) is 22.8 Å². The Bertz CT molecular complexity index is 616. The summed E-state index contributed by atoms with van der Waals surface area (Å²) in [6.07, 6.45) is -1.97. The predicted octanol–water partition coefficient (Wildman–Crippen LogP) is 3.23. The Balaban J connectivity index is 1.75. The number of aromatic nitrogens is 2. The number of likely N-dealkylation sites (tertiary alicyclic amines) is 1. The van der Waals surface area contributed by atoms with Crippen LogP contribution in [0.4, 0.5) is 23.1 Å². The summed E-state index contributed by atoms with van der Waals surface area (Å²) in [5, 5.41) is 12.0. The quantitative estimate of drug-likeness (QED) is 0.801. The van der Waals surface area contributed by atoms with Crippen molar-refractivity contribution in [3.8, 4) is 0 Å². The first kappa shape index (κ1) is 20.4. The number of carbonyl (C=O) groups excluding carboxylic acids is 2. The summed E-state index contributed by atoms with van der Waals surface area (Å²) in [6.45, 7) is 0.817. The van der Waals surface area contributed by atoms with Crippen LogP contribution in [0.2, 0.25) is 0 Å². The Morgan fingerprint density at radius 1 is 1.31 bits per heavy atom. The summed E-state index contributed by atoms with van der Waals surface area (Å²) in [7, 11) is 0. The van der Waals surface area contributed by atoms with Crippen molar-refractivity contribution in [2.24, 2.45) is 5.92 Å². The van der Waals surface area contributed by atoms with Crippen LogP contribution in [0, 0.1) is 5.92 Å². The molecule has 2 rings (SSSR count). The lowest BCUT2D eigenvalue weighted by Gasteiger charge is -2.30. The van der Waals surface area contributed by atoms with Crippen molar-refractivity contribution in [1.29, 1.82) is 0 Å². The van der Waals surface area contributed by atoms with Crippen molar-refractivity contribution in [3.05, 3.63) is 5.01 Å². The van der Waals surface area contributed by atoms with Crippen molar-refractivity contribution in [3.63, 3.8) is 0 Å². The normalized spacial score (nSPS) is 15.8. The summed E-state index contributed by atoms with van der Waals surface area (Å²) < 4.78 is 40.4. The molecule has 0 radical (unpaired) electrons. The van der Waals surface area contributed by atoms with Gasteiger partial charge < -0.3 is 15.0 Å². The molecule has 0 saturated carbocycles. The highest BCUT2D eigenvalue weighted by molar-refractivity contribution is 7.15. The topological polar surface area (TPSA) is 84.4 Å². The van der Waals surface area contributed by atoms with Crippen LogP contribution in [0.15, 0.2) is 0 Å². The number of halogens is 3. The lowest BCUT2D eigenvalue weighted by Crippen LogP contribution is -2.42. The van der Waals surface area contributed by atoms with Crippen molar-refractivity contribution >= 4 is 28.5 Å². The van der Waals surface area contributed by atoms with E-state index in [1.807, 2.05) is 0 Å². The second-order valence-corrected chi connectivity index (χ2v) is 7.09. The van der Waals surface area contributed by atoms with Gasteiger partial charge in [0.15, 0.2) is 6.61 Å². The molecule has 1 N–H and O–H groups in total. The van der Waals surface area contributed by atoms with Crippen LogP contribution in [0.5, 0.6) is 0 Å². The molecule has 0 aromatic carbocycles. The minimum Gasteiger partial charge on any atom is -0.440 e. The zero-order valence-electron chi connectivity index (χ0n) is 14.3.